The van der Waals surface area contributed by atoms with Gasteiger partial charge in [-0.1, -0.05) is 26.7 Å². The van der Waals surface area contributed by atoms with Crippen LogP contribution in [0.5, 0.6) is 0 Å². The van der Waals surface area contributed by atoms with E-state index in [1.807, 2.05) is 6.92 Å². The van der Waals surface area contributed by atoms with Crippen molar-refractivity contribution in [1.82, 2.24) is 19.5 Å². The Balaban J connectivity index is 2.07. The maximum Gasteiger partial charge on any atom is 0.330 e. The lowest BCUT2D eigenvalue weighted by Crippen LogP contribution is -2.30. The number of aromatic amines is 2. The van der Waals surface area contributed by atoms with Gasteiger partial charge in [0.25, 0.3) is 5.56 Å². The van der Waals surface area contributed by atoms with Gasteiger partial charge in [-0.05, 0) is 25.2 Å². The maximum absolute atomic E-state index is 12.0. The zero-order valence-corrected chi connectivity index (χ0v) is 12.6. The lowest BCUT2D eigenvalue weighted by Gasteiger charge is -2.24. The number of hydrogen-bond donors (Lipinski definition) is 2. The number of nitrogens with one attached hydrogen (secondary N) is 2. The van der Waals surface area contributed by atoms with Crippen LogP contribution in [-0.4, -0.2) is 19.5 Å². The van der Waals surface area contributed by atoms with Gasteiger partial charge < -0.3 is 4.98 Å². The SMILES string of the molecule is CCCn1c(=O)[nH]c(=O)c2[nH]c(C3CCC(C)CC3)nc21. The normalized spacial score (nSPS) is 22.8. The third kappa shape index (κ3) is 2.54. The second-order valence-electron chi connectivity index (χ2n) is 6.19. The van der Waals surface area contributed by atoms with Gasteiger partial charge in [0.1, 0.15) is 11.3 Å². The fourth-order valence-corrected chi connectivity index (χ4v) is 3.22. The molecule has 2 N–H and O–H groups in total. The Labute approximate surface area is 122 Å². The Morgan fingerprint density at radius 3 is 2.57 bits per heavy atom. The van der Waals surface area contributed by atoms with E-state index in [0.29, 0.717) is 23.6 Å². The highest BCUT2D eigenvalue weighted by atomic mass is 16.2. The number of hydrogen-bond acceptors (Lipinski definition) is 3. The third-order valence-electron chi connectivity index (χ3n) is 4.50. The number of fused-ring (bicyclic) bond motifs is 1. The second kappa shape index (κ2) is 5.50. The van der Waals surface area contributed by atoms with Crippen molar-refractivity contribution in [2.75, 3.05) is 0 Å². The van der Waals surface area contributed by atoms with E-state index in [4.69, 9.17) is 0 Å². The van der Waals surface area contributed by atoms with Gasteiger partial charge >= 0.3 is 5.69 Å². The summed E-state index contributed by atoms with van der Waals surface area (Å²) in [5.74, 6) is 2.00. The molecule has 0 aliphatic heterocycles. The molecule has 0 amide bonds. The first-order chi connectivity index (χ1) is 10.1. The minimum Gasteiger partial charge on any atom is -0.336 e. The standard InChI is InChI=1S/C15H22N4O2/c1-3-8-19-13-11(14(20)18-15(19)21)16-12(17-13)10-6-4-9(2)5-7-10/h9-10H,3-8H2,1-2H3,(H,16,17)(H,18,20,21). The minimum atomic E-state index is -0.371. The summed E-state index contributed by atoms with van der Waals surface area (Å²) in [5.41, 5.74) is 0.186. The summed E-state index contributed by atoms with van der Waals surface area (Å²) in [4.78, 5) is 34.0. The largest absolute Gasteiger partial charge is 0.336 e. The highest BCUT2D eigenvalue weighted by Crippen LogP contribution is 2.34. The molecule has 3 rings (SSSR count). The third-order valence-corrected chi connectivity index (χ3v) is 4.50. The van der Waals surface area contributed by atoms with Crippen LogP contribution in [0.4, 0.5) is 0 Å². The lowest BCUT2D eigenvalue weighted by molar-refractivity contribution is 0.341. The van der Waals surface area contributed by atoms with Crippen LogP contribution in [0.1, 0.15) is 57.7 Å². The van der Waals surface area contributed by atoms with Crippen molar-refractivity contribution in [3.63, 3.8) is 0 Å². The summed E-state index contributed by atoms with van der Waals surface area (Å²) in [6.07, 6.45) is 5.40. The molecule has 1 aliphatic rings. The first kappa shape index (κ1) is 14.1. The predicted octanol–water partition coefficient (Wildman–Crippen LogP) is 2.12. The van der Waals surface area contributed by atoms with Crippen LogP contribution < -0.4 is 11.2 Å². The average Bonchev–Trinajstić information content (AvgIpc) is 2.90. The highest BCUT2D eigenvalue weighted by Gasteiger charge is 2.23. The highest BCUT2D eigenvalue weighted by molar-refractivity contribution is 5.69. The molecule has 114 valence electrons. The van der Waals surface area contributed by atoms with Gasteiger partial charge in [0.15, 0.2) is 5.65 Å². The van der Waals surface area contributed by atoms with Crippen molar-refractivity contribution < 1.29 is 0 Å². The van der Waals surface area contributed by atoms with Gasteiger partial charge in [0.05, 0.1) is 0 Å². The van der Waals surface area contributed by atoms with Crippen molar-refractivity contribution in [2.24, 2.45) is 5.92 Å². The number of H-pyrrole nitrogens is 2. The molecule has 2 aromatic heterocycles. The van der Waals surface area contributed by atoms with Gasteiger partial charge in [-0.15, -0.1) is 0 Å². The molecule has 2 heterocycles. The summed E-state index contributed by atoms with van der Waals surface area (Å²) >= 11 is 0. The molecule has 0 atom stereocenters. The van der Waals surface area contributed by atoms with Gasteiger partial charge in [0, 0.05) is 12.5 Å². The number of imidazole rings is 1. The molecule has 1 fully saturated rings. The van der Waals surface area contributed by atoms with Crippen LogP contribution in [0.2, 0.25) is 0 Å². The van der Waals surface area contributed by atoms with E-state index in [9.17, 15) is 9.59 Å². The predicted molar refractivity (Wildman–Crippen MR) is 81.6 cm³/mol. The Morgan fingerprint density at radius 1 is 1.19 bits per heavy atom. The van der Waals surface area contributed by atoms with Gasteiger partial charge in [-0.3, -0.25) is 14.3 Å². The Hall–Kier alpha value is -1.85. The van der Waals surface area contributed by atoms with Crippen LogP contribution in [0.3, 0.4) is 0 Å². The molecule has 0 aromatic carbocycles. The van der Waals surface area contributed by atoms with Crippen molar-refractivity contribution in [3.8, 4) is 0 Å². The first-order valence-electron chi connectivity index (χ1n) is 7.83. The summed E-state index contributed by atoms with van der Waals surface area (Å²) < 4.78 is 1.56. The number of aryl methyl sites for hydroxylation is 1. The zero-order valence-electron chi connectivity index (χ0n) is 12.6. The van der Waals surface area contributed by atoms with Gasteiger partial charge in [-0.25, -0.2) is 9.78 Å². The van der Waals surface area contributed by atoms with Crippen LogP contribution in [0.15, 0.2) is 9.59 Å². The van der Waals surface area contributed by atoms with E-state index in [1.165, 1.54) is 12.8 Å². The molecule has 6 nitrogen and oxygen atoms in total. The fraction of sp³-hybridized carbons (Fsp3) is 0.667. The van der Waals surface area contributed by atoms with E-state index < -0.39 is 0 Å². The molecule has 0 unspecified atom stereocenters. The smallest absolute Gasteiger partial charge is 0.330 e. The van der Waals surface area contributed by atoms with Crippen LogP contribution in [0.25, 0.3) is 11.2 Å². The Kier molecular flexibility index (Phi) is 3.69. The van der Waals surface area contributed by atoms with Gasteiger partial charge in [-0.2, -0.15) is 0 Å². The molecule has 0 bridgehead atoms. The van der Waals surface area contributed by atoms with E-state index in [2.05, 4.69) is 21.9 Å². The van der Waals surface area contributed by atoms with Crippen LogP contribution in [-0.2, 0) is 6.54 Å². The van der Waals surface area contributed by atoms with Crippen LogP contribution >= 0.6 is 0 Å². The molecule has 0 saturated heterocycles. The van der Waals surface area contributed by atoms with E-state index in [1.54, 1.807) is 4.57 Å². The average molecular weight is 290 g/mol. The first-order valence-corrected chi connectivity index (χ1v) is 7.83. The molecule has 0 spiro atoms. The number of nitrogens with zero attached hydrogens (tertiary/aromatic N) is 2. The molecule has 1 aliphatic carbocycles. The van der Waals surface area contributed by atoms with Crippen LogP contribution in [0, 0.1) is 5.92 Å². The summed E-state index contributed by atoms with van der Waals surface area (Å²) in [7, 11) is 0. The summed E-state index contributed by atoms with van der Waals surface area (Å²) in [5, 5.41) is 0. The second-order valence-corrected chi connectivity index (χ2v) is 6.19. The molecular weight excluding hydrogens is 268 g/mol. The topological polar surface area (TPSA) is 83.5 Å². The fourth-order valence-electron chi connectivity index (χ4n) is 3.22. The molecule has 2 aromatic rings. The number of rotatable bonds is 3. The number of aromatic nitrogens is 4. The van der Waals surface area contributed by atoms with Crippen molar-refractivity contribution in [2.45, 2.75) is 58.4 Å². The van der Waals surface area contributed by atoms with Crippen molar-refractivity contribution in [3.05, 3.63) is 26.7 Å². The van der Waals surface area contributed by atoms with Gasteiger partial charge in [0.2, 0.25) is 0 Å². The Morgan fingerprint density at radius 2 is 1.90 bits per heavy atom. The quantitative estimate of drug-likeness (QED) is 0.908. The summed E-state index contributed by atoms with van der Waals surface area (Å²) in [6.45, 7) is 4.84. The molecule has 21 heavy (non-hydrogen) atoms. The van der Waals surface area contributed by atoms with E-state index in [0.717, 1.165) is 31.0 Å². The molecule has 0 radical (unpaired) electrons. The Bertz CT molecular complexity index is 747. The van der Waals surface area contributed by atoms with E-state index >= 15 is 0 Å². The lowest BCUT2D eigenvalue weighted by atomic mass is 9.83. The van der Waals surface area contributed by atoms with E-state index in [-0.39, 0.29) is 11.2 Å². The molecular formula is C15H22N4O2. The monoisotopic (exact) mass is 290 g/mol. The molecule has 1 saturated carbocycles. The zero-order chi connectivity index (χ0) is 15.0. The van der Waals surface area contributed by atoms with Crippen molar-refractivity contribution >= 4 is 11.2 Å². The minimum absolute atomic E-state index is 0.370. The van der Waals surface area contributed by atoms with Crippen molar-refractivity contribution in [1.29, 1.82) is 0 Å². The molecule has 6 heteroatoms. The maximum atomic E-state index is 12.0. The summed E-state index contributed by atoms with van der Waals surface area (Å²) in [6, 6.07) is 0.